The van der Waals surface area contributed by atoms with E-state index in [4.69, 9.17) is 11.6 Å². The van der Waals surface area contributed by atoms with Gasteiger partial charge < -0.3 is 0 Å². The highest BCUT2D eigenvalue weighted by atomic mass is 35.5. The van der Waals surface area contributed by atoms with E-state index in [0.29, 0.717) is 29.2 Å². The van der Waals surface area contributed by atoms with Crippen LogP contribution in [0.15, 0.2) is 47.4 Å². The summed E-state index contributed by atoms with van der Waals surface area (Å²) < 4.78 is 53.8. The van der Waals surface area contributed by atoms with Gasteiger partial charge in [-0.05, 0) is 42.7 Å². The molecule has 1 heterocycles. The molecule has 2 aromatic carbocycles. The highest BCUT2D eigenvalue weighted by Gasteiger charge is 2.29. The van der Waals surface area contributed by atoms with E-state index in [1.54, 1.807) is 31.2 Å². The largest absolute Gasteiger partial charge is 0.270 e. The Morgan fingerprint density at radius 2 is 1.81 bits per heavy atom. The molecule has 0 fully saturated rings. The molecule has 9 heteroatoms. The summed E-state index contributed by atoms with van der Waals surface area (Å²) in [7, 11) is -7.45. The van der Waals surface area contributed by atoms with Crippen molar-refractivity contribution >= 4 is 37.3 Å². The Kier molecular flexibility index (Phi) is 5.30. The predicted octanol–water partition coefficient (Wildman–Crippen LogP) is 2.32. The fourth-order valence-corrected chi connectivity index (χ4v) is 6.05. The molecule has 0 amide bonds. The summed E-state index contributed by atoms with van der Waals surface area (Å²) in [6.45, 7) is 1.77. The lowest BCUT2D eigenvalue weighted by Crippen LogP contribution is -2.37. The average Bonchev–Trinajstić information content (AvgIpc) is 3.01. The number of halogens is 1. The topological polar surface area (TPSA) is 83.5 Å². The molecule has 6 nitrogen and oxygen atoms in total. The van der Waals surface area contributed by atoms with Crippen LogP contribution in [0, 0.1) is 6.92 Å². The SMILES string of the molecule is Cc1c(Cl)cccc1S(=O)(=O)NCCS(=O)(=O)N1CCc2ccccc21. The lowest BCUT2D eigenvalue weighted by molar-refractivity contribution is 0.579. The molecule has 0 bridgehead atoms. The second-order valence-electron chi connectivity index (χ2n) is 6.03. The van der Waals surface area contributed by atoms with Gasteiger partial charge in [-0.3, -0.25) is 4.31 Å². The van der Waals surface area contributed by atoms with E-state index >= 15 is 0 Å². The number of hydrogen-bond donors (Lipinski definition) is 1. The van der Waals surface area contributed by atoms with Crippen LogP contribution in [0.1, 0.15) is 11.1 Å². The molecule has 3 rings (SSSR count). The van der Waals surface area contributed by atoms with Crippen molar-refractivity contribution in [3.05, 3.63) is 58.6 Å². The van der Waals surface area contributed by atoms with E-state index in [2.05, 4.69) is 4.72 Å². The van der Waals surface area contributed by atoms with E-state index in [0.717, 1.165) is 5.56 Å². The van der Waals surface area contributed by atoms with Gasteiger partial charge in [0, 0.05) is 18.1 Å². The predicted molar refractivity (Wildman–Crippen MR) is 103 cm³/mol. The quantitative estimate of drug-likeness (QED) is 0.786. The van der Waals surface area contributed by atoms with Crippen LogP contribution >= 0.6 is 11.6 Å². The normalized spacial score (nSPS) is 14.5. The maximum absolute atomic E-state index is 12.6. The van der Waals surface area contributed by atoms with Crippen molar-refractivity contribution in [2.75, 3.05) is 23.1 Å². The first-order chi connectivity index (χ1) is 12.2. The van der Waals surface area contributed by atoms with Crippen LogP contribution in [-0.2, 0) is 26.5 Å². The fourth-order valence-electron chi connectivity index (χ4n) is 2.97. The zero-order chi connectivity index (χ0) is 18.9. The Morgan fingerprint density at radius 3 is 2.58 bits per heavy atom. The van der Waals surface area contributed by atoms with Gasteiger partial charge in [0.25, 0.3) is 0 Å². The molecule has 0 saturated heterocycles. The lowest BCUT2D eigenvalue weighted by atomic mass is 10.2. The molecular weight excluding hydrogens is 396 g/mol. The third-order valence-electron chi connectivity index (χ3n) is 4.34. The molecule has 1 N–H and O–H groups in total. The van der Waals surface area contributed by atoms with Crippen LogP contribution in [0.25, 0.3) is 0 Å². The van der Waals surface area contributed by atoms with Gasteiger partial charge in [0.2, 0.25) is 20.0 Å². The summed E-state index contributed by atoms with van der Waals surface area (Å²) in [6, 6.07) is 11.9. The molecular formula is C17H19ClN2O4S2. The van der Waals surface area contributed by atoms with Gasteiger partial charge in [0.15, 0.2) is 0 Å². The molecule has 0 saturated carbocycles. The Hall–Kier alpha value is -1.61. The van der Waals surface area contributed by atoms with Gasteiger partial charge in [0.1, 0.15) is 0 Å². The van der Waals surface area contributed by atoms with Crippen molar-refractivity contribution in [1.82, 2.24) is 4.72 Å². The third-order valence-corrected chi connectivity index (χ3v) is 8.13. The highest BCUT2D eigenvalue weighted by Crippen LogP contribution is 2.30. The van der Waals surface area contributed by atoms with E-state index in [1.807, 2.05) is 12.1 Å². The van der Waals surface area contributed by atoms with Crippen molar-refractivity contribution in [2.24, 2.45) is 0 Å². The number of nitrogens with one attached hydrogen (secondary N) is 1. The minimum Gasteiger partial charge on any atom is -0.270 e. The van der Waals surface area contributed by atoms with Crippen LogP contribution in [0.5, 0.6) is 0 Å². The summed E-state index contributed by atoms with van der Waals surface area (Å²) >= 11 is 5.97. The van der Waals surface area contributed by atoms with Gasteiger partial charge in [-0.15, -0.1) is 0 Å². The molecule has 0 atom stereocenters. The van der Waals surface area contributed by atoms with Gasteiger partial charge >= 0.3 is 0 Å². The maximum Gasteiger partial charge on any atom is 0.240 e. The Morgan fingerprint density at radius 1 is 1.08 bits per heavy atom. The van der Waals surface area contributed by atoms with Gasteiger partial charge in [-0.1, -0.05) is 35.9 Å². The molecule has 1 aliphatic rings. The van der Waals surface area contributed by atoms with E-state index in [9.17, 15) is 16.8 Å². The number of hydrogen-bond acceptors (Lipinski definition) is 4. The van der Waals surface area contributed by atoms with Crippen molar-refractivity contribution in [2.45, 2.75) is 18.2 Å². The van der Waals surface area contributed by atoms with E-state index < -0.39 is 20.0 Å². The minimum atomic E-state index is -3.84. The molecule has 0 aromatic heterocycles. The number of anilines is 1. The average molecular weight is 415 g/mol. The van der Waals surface area contributed by atoms with Crippen molar-refractivity contribution < 1.29 is 16.8 Å². The summed E-state index contributed by atoms with van der Waals surface area (Å²) in [5, 5.41) is 0.342. The molecule has 0 spiro atoms. The minimum absolute atomic E-state index is 0.0499. The highest BCUT2D eigenvalue weighted by molar-refractivity contribution is 7.93. The van der Waals surface area contributed by atoms with Crippen LogP contribution < -0.4 is 9.03 Å². The summed E-state index contributed by atoms with van der Waals surface area (Å²) in [5.41, 5.74) is 2.07. The summed E-state index contributed by atoms with van der Waals surface area (Å²) in [5.74, 6) is -0.319. The fraction of sp³-hybridized carbons (Fsp3) is 0.294. The Balaban J connectivity index is 1.70. The zero-order valence-corrected chi connectivity index (χ0v) is 16.5. The molecule has 2 aromatic rings. The maximum atomic E-state index is 12.6. The molecule has 140 valence electrons. The summed E-state index contributed by atoms with van der Waals surface area (Å²) in [4.78, 5) is 0.0499. The Bertz CT molecular complexity index is 1040. The van der Waals surface area contributed by atoms with Crippen LogP contribution in [0.3, 0.4) is 0 Å². The first-order valence-electron chi connectivity index (χ1n) is 8.05. The summed E-state index contributed by atoms with van der Waals surface area (Å²) in [6.07, 6.45) is 0.656. The first-order valence-corrected chi connectivity index (χ1v) is 11.5. The van der Waals surface area contributed by atoms with Crippen LogP contribution in [0.2, 0.25) is 5.02 Å². The van der Waals surface area contributed by atoms with E-state index in [-0.39, 0.29) is 17.2 Å². The van der Waals surface area contributed by atoms with Gasteiger partial charge in [0.05, 0.1) is 16.3 Å². The van der Waals surface area contributed by atoms with E-state index in [1.165, 1.54) is 10.4 Å². The van der Waals surface area contributed by atoms with Crippen LogP contribution in [-0.4, -0.2) is 35.7 Å². The molecule has 0 unspecified atom stereocenters. The zero-order valence-electron chi connectivity index (χ0n) is 14.1. The standard InChI is InChI=1S/C17H19ClN2O4S2/c1-13-15(18)6-4-8-17(13)26(23,24)19-10-12-25(21,22)20-11-9-14-5-2-3-7-16(14)20/h2-8,19H,9-12H2,1H3. The number of fused-ring (bicyclic) bond motifs is 1. The van der Waals surface area contributed by atoms with Gasteiger partial charge in [-0.25, -0.2) is 21.6 Å². The number of rotatable bonds is 6. The van der Waals surface area contributed by atoms with Crippen molar-refractivity contribution in [1.29, 1.82) is 0 Å². The second kappa shape index (κ2) is 7.19. The van der Waals surface area contributed by atoms with Crippen LogP contribution in [0.4, 0.5) is 5.69 Å². The number of sulfonamides is 2. The smallest absolute Gasteiger partial charge is 0.240 e. The Labute approximate surface area is 158 Å². The molecule has 0 radical (unpaired) electrons. The lowest BCUT2D eigenvalue weighted by Gasteiger charge is -2.19. The number of benzene rings is 2. The molecule has 0 aliphatic carbocycles. The van der Waals surface area contributed by atoms with Gasteiger partial charge in [-0.2, -0.15) is 0 Å². The van der Waals surface area contributed by atoms with Crippen molar-refractivity contribution in [3.8, 4) is 0 Å². The first kappa shape index (κ1) is 19.2. The monoisotopic (exact) mass is 414 g/mol. The third kappa shape index (κ3) is 3.73. The van der Waals surface area contributed by atoms with Crippen molar-refractivity contribution in [3.63, 3.8) is 0 Å². The second-order valence-corrected chi connectivity index (χ2v) is 10.2. The number of para-hydroxylation sites is 1. The molecule has 1 aliphatic heterocycles. The molecule has 26 heavy (non-hydrogen) atoms. The number of nitrogens with zero attached hydrogens (tertiary/aromatic N) is 1.